The fourth-order valence-electron chi connectivity index (χ4n) is 1.50. The van der Waals surface area contributed by atoms with Crippen molar-refractivity contribution in [2.24, 2.45) is 0 Å². The molecule has 0 saturated heterocycles. The number of carbonyl (C=O) groups is 2. The second-order valence-corrected chi connectivity index (χ2v) is 4.52. The van der Waals surface area contributed by atoms with Crippen molar-refractivity contribution in [1.29, 1.82) is 0 Å². The van der Waals surface area contributed by atoms with Crippen molar-refractivity contribution < 1.29 is 18.7 Å². The fraction of sp³-hybridized carbons (Fsp3) is 0.214. The number of hydrogen-bond donors (Lipinski definition) is 1. The maximum absolute atomic E-state index is 11.5. The zero-order chi connectivity index (χ0) is 15.1. The number of pyridine rings is 1. The van der Waals surface area contributed by atoms with Crippen molar-refractivity contribution in [1.82, 2.24) is 10.3 Å². The summed E-state index contributed by atoms with van der Waals surface area (Å²) in [5.74, 6) is -0.574. The normalized spacial score (nSPS) is 10.1. The van der Waals surface area contributed by atoms with Gasteiger partial charge in [0, 0.05) is 18.3 Å². The summed E-state index contributed by atoms with van der Waals surface area (Å²) >= 11 is 5.65. The van der Waals surface area contributed by atoms with Gasteiger partial charge in [-0.3, -0.25) is 9.59 Å². The molecule has 2 aromatic rings. The van der Waals surface area contributed by atoms with Crippen molar-refractivity contribution in [3.8, 4) is 0 Å². The quantitative estimate of drug-likeness (QED) is 0.653. The number of esters is 1. The molecule has 0 aromatic carbocycles. The van der Waals surface area contributed by atoms with Crippen molar-refractivity contribution in [3.63, 3.8) is 0 Å². The lowest BCUT2D eigenvalue weighted by molar-refractivity contribution is -0.144. The number of ether oxygens (including phenoxy) is 1. The van der Waals surface area contributed by atoms with Gasteiger partial charge in [0.25, 0.3) is 5.91 Å². The van der Waals surface area contributed by atoms with E-state index in [1.807, 2.05) is 0 Å². The average Bonchev–Trinajstić information content (AvgIpc) is 3.01. The van der Waals surface area contributed by atoms with Crippen molar-refractivity contribution in [3.05, 3.63) is 53.2 Å². The monoisotopic (exact) mass is 308 g/mol. The molecule has 0 saturated carbocycles. The third-order valence-corrected chi connectivity index (χ3v) is 2.77. The van der Waals surface area contributed by atoms with E-state index < -0.39 is 5.97 Å². The molecule has 0 fully saturated rings. The number of halogens is 1. The first-order valence-electron chi connectivity index (χ1n) is 6.23. The van der Waals surface area contributed by atoms with Crippen LogP contribution in [0.1, 0.15) is 22.5 Å². The highest BCUT2D eigenvalue weighted by atomic mass is 35.5. The maximum Gasteiger partial charge on any atom is 0.307 e. The first-order valence-corrected chi connectivity index (χ1v) is 6.60. The van der Waals surface area contributed by atoms with Crippen LogP contribution in [0.2, 0.25) is 5.15 Å². The van der Waals surface area contributed by atoms with Gasteiger partial charge in [-0.25, -0.2) is 4.98 Å². The number of amides is 1. The van der Waals surface area contributed by atoms with Crippen molar-refractivity contribution in [2.75, 3.05) is 6.54 Å². The van der Waals surface area contributed by atoms with Gasteiger partial charge in [-0.1, -0.05) is 17.7 Å². The molecule has 0 spiro atoms. The lowest BCUT2D eigenvalue weighted by Gasteiger charge is -2.05. The van der Waals surface area contributed by atoms with Gasteiger partial charge in [0.1, 0.15) is 11.8 Å². The standard InChI is InChI=1S/C14H13ClN2O4/c15-12-4-3-10(8-17-12)9-21-13(18)5-6-16-14(19)11-2-1-7-20-11/h1-4,7-8H,5-6,9H2,(H,16,19). The van der Waals surface area contributed by atoms with Crippen LogP contribution in [0.25, 0.3) is 0 Å². The molecule has 0 atom stereocenters. The zero-order valence-corrected chi connectivity index (χ0v) is 11.8. The third-order valence-electron chi connectivity index (χ3n) is 2.55. The SMILES string of the molecule is O=C(CCNC(=O)c1ccco1)OCc1ccc(Cl)nc1. The molecule has 1 N–H and O–H groups in total. The maximum atomic E-state index is 11.5. The van der Waals surface area contributed by atoms with E-state index in [0.29, 0.717) is 5.15 Å². The number of nitrogens with one attached hydrogen (secondary N) is 1. The highest BCUT2D eigenvalue weighted by Crippen LogP contribution is 2.06. The third kappa shape index (κ3) is 4.92. The summed E-state index contributed by atoms with van der Waals surface area (Å²) < 4.78 is 9.97. The summed E-state index contributed by atoms with van der Waals surface area (Å²) in [6.45, 7) is 0.298. The van der Waals surface area contributed by atoms with Crippen LogP contribution in [0.4, 0.5) is 0 Å². The topological polar surface area (TPSA) is 81.4 Å². The minimum absolute atomic E-state index is 0.0769. The predicted molar refractivity (Wildman–Crippen MR) is 74.7 cm³/mol. The Morgan fingerprint density at radius 3 is 2.86 bits per heavy atom. The molecule has 6 nitrogen and oxygen atoms in total. The number of aromatic nitrogens is 1. The van der Waals surface area contributed by atoms with E-state index >= 15 is 0 Å². The molecule has 0 unspecified atom stereocenters. The van der Waals surface area contributed by atoms with E-state index in [2.05, 4.69) is 10.3 Å². The van der Waals surface area contributed by atoms with Gasteiger partial charge in [-0.05, 0) is 18.2 Å². The number of rotatable bonds is 6. The Balaban J connectivity index is 1.66. The summed E-state index contributed by atoms with van der Waals surface area (Å²) in [7, 11) is 0. The number of carbonyl (C=O) groups excluding carboxylic acids is 2. The smallest absolute Gasteiger partial charge is 0.307 e. The molecule has 2 aromatic heterocycles. The lowest BCUT2D eigenvalue weighted by Crippen LogP contribution is -2.26. The van der Waals surface area contributed by atoms with Crippen LogP contribution >= 0.6 is 11.6 Å². The van der Waals surface area contributed by atoms with Gasteiger partial charge in [0.2, 0.25) is 0 Å². The van der Waals surface area contributed by atoms with Gasteiger partial charge in [0.05, 0.1) is 12.7 Å². The Hall–Kier alpha value is -2.34. The molecule has 1 amide bonds. The van der Waals surface area contributed by atoms with E-state index in [1.165, 1.54) is 12.5 Å². The van der Waals surface area contributed by atoms with Gasteiger partial charge >= 0.3 is 5.97 Å². The minimum atomic E-state index is -0.412. The second-order valence-electron chi connectivity index (χ2n) is 4.13. The van der Waals surface area contributed by atoms with Crippen molar-refractivity contribution in [2.45, 2.75) is 13.0 Å². The number of furan rings is 1. The van der Waals surface area contributed by atoms with Crippen LogP contribution in [0, 0.1) is 0 Å². The summed E-state index contributed by atoms with van der Waals surface area (Å²) in [4.78, 5) is 26.9. The molecule has 0 aliphatic heterocycles. The Bertz CT molecular complexity index is 596. The Kier molecular flexibility index (Phi) is 5.34. The highest BCUT2D eigenvalue weighted by Gasteiger charge is 2.09. The summed E-state index contributed by atoms with van der Waals surface area (Å²) in [6, 6.07) is 6.50. The summed E-state index contributed by atoms with van der Waals surface area (Å²) in [5, 5.41) is 2.94. The van der Waals surface area contributed by atoms with E-state index in [-0.39, 0.29) is 31.2 Å². The Morgan fingerprint density at radius 1 is 1.33 bits per heavy atom. The van der Waals surface area contributed by atoms with Gasteiger partial charge in [-0.15, -0.1) is 0 Å². The first kappa shape index (κ1) is 15.1. The van der Waals surface area contributed by atoms with Gasteiger partial charge in [-0.2, -0.15) is 0 Å². The molecule has 2 rings (SSSR count). The first-order chi connectivity index (χ1) is 10.1. The van der Waals surface area contributed by atoms with Crippen LogP contribution in [0.5, 0.6) is 0 Å². The number of hydrogen-bond acceptors (Lipinski definition) is 5. The molecular formula is C14H13ClN2O4. The average molecular weight is 309 g/mol. The van der Waals surface area contributed by atoms with Crippen LogP contribution in [-0.4, -0.2) is 23.4 Å². The Labute approximate surface area is 126 Å². The fourth-order valence-corrected chi connectivity index (χ4v) is 1.61. The molecule has 0 bridgehead atoms. The molecule has 110 valence electrons. The molecule has 21 heavy (non-hydrogen) atoms. The van der Waals surface area contributed by atoms with Crippen LogP contribution < -0.4 is 5.32 Å². The predicted octanol–water partition coefficient (Wildman–Crippen LogP) is 2.19. The van der Waals surface area contributed by atoms with E-state index in [1.54, 1.807) is 24.3 Å². The van der Waals surface area contributed by atoms with E-state index in [9.17, 15) is 9.59 Å². The minimum Gasteiger partial charge on any atom is -0.461 e. The summed E-state index contributed by atoms with van der Waals surface area (Å²) in [5.41, 5.74) is 0.743. The van der Waals surface area contributed by atoms with Crippen LogP contribution in [0.3, 0.4) is 0 Å². The molecule has 2 heterocycles. The largest absolute Gasteiger partial charge is 0.461 e. The summed E-state index contributed by atoms with van der Waals surface area (Å²) in [6.07, 6.45) is 3.02. The van der Waals surface area contributed by atoms with Crippen LogP contribution in [-0.2, 0) is 16.1 Å². The van der Waals surface area contributed by atoms with Gasteiger partial charge < -0.3 is 14.5 Å². The highest BCUT2D eigenvalue weighted by molar-refractivity contribution is 6.29. The van der Waals surface area contributed by atoms with Crippen LogP contribution in [0.15, 0.2) is 41.1 Å². The molecule has 0 radical (unpaired) electrons. The van der Waals surface area contributed by atoms with Gasteiger partial charge in [0.15, 0.2) is 5.76 Å². The van der Waals surface area contributed by atoms with E-state index in [0.717, 1.165) is 5.56 Å². The Morgan fingerprint density at radius 2 is 2.19 bits per heavy atom. The van der Waals surface area contributed by atoms with Crippen molar-refractivity contribution >= 4 is 23.5 Å². The zero-order valence-electron chi connectivity index (χ0n) is 11.0. The molecule has 0 aliphatic rings. The molecule has 7 heteroatoms. The lowest BCUT2D eigenvalue weighted by atomic mass is 10.3. The van der Waals surface area contributed by atoms with E-state index in [4.69, 9.17) is 20.8 Å². The number of nitrogens with zero attached hydrogens (tertiary/aromatic N) is 1. The second kappa shape index (κ2) is 7.44. The molecular weight excluding hydrogens is 296 g/mol. The molecule has 0 aliphatic carbocycles.